The second-order valence-electron chi connectivity index (χ2n) is 2.97. The fourth-order valence-electron chi connectivity index (χ4n) is 1.24. The second-order valence-corrected chi connectivity index (χ2v) is 3.23. The number of ether oxygens (including phenoxy) is 1. The van der Waals surface area contributed by atoms with E-state index < -0.39 is 11.8 Å². The number of benzene rings is 1. The van der Waals surface area contributed by atoms with Crippen molar-refractivity contribution in [1.82, 2.24) is 0 Å². The minimum Gasteiger partial charge on any atom is -0.462 e. The lowest BCUT2D eigenvalue weighted by Crippen LogP contribution is -2.10. The largest absolute Gasteiger partial charge is 0.462 e. The minimum absolute atomic E-state index is 0.0610. The smallest absolute Gasteiger partial charge is 0.342 e. The van der Waals surface area contributed by atoms with Gasteiger partial charge in [-0.2, -0.15) is 5.26 Å². The van der Waals surface area contributed by atoms with E-state index in [-0.39, 0.29) is 23.6 Å². The summed E-state index contributed by atoms with van der Waals surface area (Å²) in [6.45, 7) is 1.73. The highest BCUT2D eigenvalue weighted by molar-refractivity contribution is 6.17. The molecule has 84 valence electrons. The van der Waals surface area contributed by atoms with Crippen LogP contribution in [0.5, 0.6) is 0 Å². The predicted molar refractivity (Wildman–Crippen MR) is 56.6 cm³/mol. The van der Waals surface area contributed by atoms with Gasteiger partial charge < -0.3 is 4.74 Å². The third-order valence-corrected chi connectivity index (χ3v) is 2.21. The predicted octanol–water partition coefficient (Wildman–Crippen LogP) is 2.61. The van der Waals surface area contributed by atoms with Gasteiger partial charge in [-0.15, -0.1) is 11.6 Å². The van der Waals surface area contributed by atoms with E-state index in [1.807, 2.05) is 0 Å². The number of hydrogen-bond donors (Lipinski definition) is 0. The van der Waals surface area contributed by atoms with E-state index in [0.717, 1.165) is 6.07 Å². The van der Waals surface area contributed by atoms with Crippen molar-refractivity contribution < 1.29 is 13.9 Å². The molecule has 0 atom stereocenters. The maximum atomic E-state index is 13.5. The van der Waals surface area contributed by atoms with Crippen LogP contribution in [-0.4, -0.2) is 12.6 Å². The number of nitriles is 1. The molecular weight excluding hydrogens is 233 g/mol. The maximum Gasteiger partial charge on any atom is 0.342 e. The molecule has 0 N–H and O–H groups in total. The van der Waals surface area contributed by atoms with Crippen molar-refractivity contribution in [3.05, 3.63) is 34.6 Å². The molecule has 0 saturated carbocycles. The summed E-state index contributed by atoms with van der Waals surface area (Å²) in [6.07, 6.45) is 0. The van der Waals surface area contributed by atoms with Crippen LogP contribution in [0.3, 0.4) is 0 Å². The summed E-state index contributed by atoms with van der Waals surface area (Å²) in [7, 11) is 0. The number of carbonyl (C=O) groups is 1. The molecule has 5 heteroatoms. The van der Waals surface area contributed by atoms with Gasteiger partial charge in [0.15, 0.2) is 0 Å². The van der Waals surface area contributed by atoms with Crippen molar-refractivity contribution in [3.8, 4) is 6.07 Å². The molecule has 0 spiro atoms. The van der Waals surface area contributed by atoms with Crippen molar-refractivity contribution in [2.45, 2.75) is 12.8 Å². The first kappa shape index (κ1) is 12.5. The fraction of sp³-hybridized carbons (Fsp3) is 0.273. The standard InChI is InChI=1S/C11H9ClFNO2/c1-2-16-11(15)10-8(6-14)3-7(5-12)4-9(10)13/h3-4H,2,5H2,1H3. The quantitative estimate of drug-likeness (QED) is 0.604. The van der Waals surface area contributed by atoms with Crippen molar-refractivity contribution in [2.24, 2.45) is 0 Å². The van der Waals surface area contributed by atoms with Crippen molar-refractivity contribution in [3.63, 3.8) is 0 Å². The van der Waals surface area contributed by atoms with E-state index in [1.165, 1.54) is 6.07 Å². The van der Waals surface area contributed by atoms with Crippen LogP contribution in [0.1, 0.15) is 28.4 Å². The van der Waals surface area contributed by atoms with Gasteiger partial charge in [0.1, 0.15) is 17.4 Å². The van der Waals surface area contributed by atoms with Gasteiger partial charge in [0.05, 0.1) is 12.2 Å². The van der Waals surface area contributed by atoms with Gasteiger partial charge in [0.2, 0.25) is 0 Å². The zero-order chi connectivity index (χ0) is 12.1. The fourth-order valence-corrected chi connectivity index (χ4v) is 1.39. The average molecular weight is 242 g/mol. The number of carbonyl (C=O) groups excluding carboxylic acids is 1. The summed E-state index contributed by atoms with van der Waals surface area (Å²) in [6, 6.07) is 4.25. The summed E-state index contributed by atoms with van der Waals surface area (Å²) in [4.78, 5) is 11.4. The molecule has 0 aromatic heterocycles. The molecule has 1 aromatic rings. The molecule has 0 radical (unpaired) electrons. The van der Waals surface area contributed by atoms with Crippen LogP contribution >= 0.6 is 11.6 Å². The minimum atomic E-state index is -0.835. The van der Waals surface area contributed by atoms with E-state index >= 15 is 0 Å². The van der Waals surface area contributed by atoms with E-state index in [9.17, 15) is 9.18 Å². The molecule has 0 unspecified atom stereocenters. The molecule has 0 heterocycles. The van der Waals surface area contributed by atoms with Gasteiger partial charge in [-0.1, -0.05) is 0 Å². The van der Waals surface area contributed by atoms with Gasteiger partial charge in [0.25, 0.3) is 0 Å². The molecule has 0 aliphatic heterocycles. The van der Waals surface area contributed by atoms with E-state index in [2.05, 4.69) is 4.74 Å². The van der Waals surface area contributed by atoms with Crippen LogP contribution < -0.4 is 0 Å². The molecule has 0 aliphatic rings. The Morgan fingerprint density at radius 3 is 2.81 bits per heavy atom. The van der Waals surface area contributed by atoms with E-state index in [0.29, 0.717) is 5.56 Å². The Balaban J connectivity index is 3.28. The normalized spacial score (nSPS) is 9.62. The average Bonchev–Trinajstić information content (AvgIpc) is 2.27. The molecule has 0 amide bonds. The van der Waals surface area contributed by atoms with Gasteiger partial charge >= 0.3 is 5.97 Å². The van der Waals surface area contributed by atoms with E-state index in [4.69, 9.17) is 16.9 Å². The summed E-state index contributed by atoms with van der Waals surface area (Å²) in [5.41, 5.74) is 0.0519. The number of esters is 1. The Kier molecular flexibility index (Phi) is 4.27. The zero-order valence-electron chi connectivity index (χ0n) is 8.59. The molecule has 1 aromatic carbocycles. The molecule has 0 bridgehead atoms. The van der Waals surface area contributed by atoms with Crippen molar-refractivity contribution in [2.75, 3.05) is 6.61 Å². The monoisotopic (exact) mass is 241 g/mol. The highest BCUT2D eigenvalue weighted by Gasteiger charge is 2.19. The number of hydrogen-bond acceptors (Lipinski definition) is 3. The number of rotatable bonds is 3. The van der Waals surface area contributed by atoms with Gasteiger partial charge in [0, 0.05) is 5.88 Å². The van der Waals surface area contributed by atoms with Crippen LogP contribution in [0.2, 0.25) is 0 Å². The van der Waals surface area contributed by atoms with Crippen LogP contribution in [0, 0.1) is 17.1 Å². The Hall–Kier alpha value is -1.60. The third kappa shape index (κ3) is 2.50. The third-order valence-electron chi connectivity index (χ3n) is 1.90. The first-order chi connectivity index (χ1) is 7.63. The van der Waals surface area contributed by atoms with Crippen LogP contribution in [-0.2, 0) is 10.6 Å². The summed E-state index contributed by atoms with van der Waals surface area (Å²) in [5, 5.41) is 8.81. The topological polar surface area (TPSA) is 50.1 Å². The summed E-state index contributed by atoms with van der Waals surface area (Å²) < 4.78 is 18.2. The molecule has 16 heavy (non-hydrogen) atoms. The number of halogens is 2. The first-order valence-electron chi connectivity index (χ1n) is 4.59. The first-order valence-corrected chi connectivity index (χ1v) is 5.13. The number of alkyl halides is 1. The molecule has 1 rings (SSSR count). The highest BCUT2D eigenvalue weighted by Crippen LogP contribution is 2.18. The van der Waals surface area contributed by atoms with Gasteiger partial charge in [-0.25, -0.2) is 9.18 Å². The molecule has 0 aliphatic carbocycles. The van der Waals surface area contributed by atoms with E-state index in [1.54, 1.807) is 13.0 Å². The van der Waals surface area contributed by atoms with Crippen molar-refractivity contribution >= 4 is 17.6 Å². The van der Waals surface area contributed by atoms with Crippen molar-refractivity contribution in [1.29, 1.82) is 5.26 Å². The van der Waals surface area contributed by atoms with Crippen LogP contribution in [0.4, 0.5) is 4.39 Å². The molecule has 0 saturated heterocycles. The summed E-state index contributed by atoms with van der Waals surface area (Å²) >= 11 is 5.53. The zero-order valence-corrected chi connectivity index (χ0v) is 9.34. The van der Waals surface area contributed by atoms with Crippen LogP contribution in [0.15, 0.2) is 12.1 Å². The maximum absolute atomic E-state index is 13.5. The lowest BCUT2D eigenvalue weighted by Gasteiger charge is -2.06. The highest BCUT2D eigenvalue weighted by atomic mass is 35.5. The van der Waals surface area contributed by atoms with Gasteiger partial charge in [-0.3, -0.25) is 0 Å². The summed E-state index contributed by atoms with van der Waals surface area (Å²) in [5.74, 6) is -1.54. The Bertz CT molecular complexity index is 454. The Morgan fingerprint density at radius 2 is 2.31 bits per heavy atom. The molecule has 0 fully saturated rings. The lowest BCUT2D eigenvalue weighted by atomic mass is 10.0. The van der Waals surface area contributed by atoms with Crippen LogP contribution in [0.25, 0.3) is 0 Å². The second kappa shape index (κ2) is 5.47. The number of nitrogens with zero attached hydrogens (tertiary/aromatic N) is 1. The SMILES string of the molecule is CCOC(=O)c1c(F)cc(CCl)cc1C#N. The van der Waals surface area contributed by atoms with Gasteiger partial charge in [-0.05, 0) is 24.6 Å². The molecular formula is C11H9ClFNO2. The Labute approximate surface area is 97.4 Å². The Morgan fingerprint density at radius 1 is 1.62 bits per heavy atom. The lowest BCUT2D eigenvalue weighted by molar-refractivity contribution is 0.0520. The molecule has 3 nitrogen and oxygen atoms in total.